The highest BCUT2D eigenvalue weighted by atomic mass is 16.5. The normalized spacial score (nSPS) is 22.7. The third-order valence-electron chi connectivity index (χ3n) is 3.51. The molecule has 1 aliphatic heterocycles. The summed E-state index contributed by atoms with van der Waals surface area (Å²) in [5, 5.41) is 3.01. The molecule has 2 unspecified atom stereocenters. The maximum atomic E-state index is 11.5. The maximum absolute atomic E-state index is 11.5. The molecule has 18 heavy (non-hydrogen) atoms. The molecule has 0 saturated carbocycles. The monoisotopic (exact) mass is 249 g/mol. The molecule has 0 bridgehead atoms. The van der Waals surface area contributed by atoms with Crippen LogP contribution in [0.4, 0.5) is 0 Å². The van der Waals surface area contributed by atoms with Gasteiger partial charge >= 0.3 is 0 Å². The molecule has 98 valence electrons. The molecule has 0 aromatic heterocycles. The summed E-state index contributed by atoms with van der Waals surface area (Å²) >= 11 is 0. The van der Waals surface area contributed by atoms with E-state index in [-0.39, 0.29) is 17.9 Å². The molecule has 2 atom stereocenters. The largest absolute Gasteiger partial charge is 0.493 e. The first-order valence-electron chi connectivity index (χ1n) is 6.20. The average molecular weight is 249 g/mol. The fraction of sp³-hybridized carbons (Fsp3) is 0.500. The fourth-order valence-electron chi connectivity index (χ4n) is 2.53. The van der Waals surface area contributed by atoms with Gasteiger partial charge in [0.15, 0.2) is 11.5 Å². The van der Waals surface area contributed by atoms with Gasteiger partial charge in [-0.05, 0) is 24.1 Å². The first-order valence-corrected chi connectivity index (χ1v) is 6.20. The quantitative estimate of drug-likeness (QED) is 0.888. The number of hydrogen-bond donors (Lipinski definition) is 1. The lowest BCUT2D eigenvalue weighted by atomic mass is 9.90. The summed E-state index contributed by atoms with van der Waals surface area (Å²) in [5.41, 5.74) is 1.12. The van der Waals surface area contributed by atoms with Gasteiger partial charge in [0, 0.05) is 18.4 Å². The lowest BCUT2D eigenvalue weighted by Crippen LogP contribution is -2.27. The highest BCUT2D eigenvalue weighted by Crippen LogP contribution is 2.35. The number of carbonyl (C=O) groups excluding carboxylic acids is 1. The Morgan fingerprint density at radius 1 is 1.28 bits per heavy atom. The van der Waals surface area contributed by atoms with E-state index in [1.165, 1.54) is 0 Å². The van der Waals surface area contributed by atoms with Crippen LogP contribution in [0.15, 0.2) is 18.2 Å². The first kappa shape index (κ1) is 12.7. The number of carbonyl (C=O) groups is 1. The topological polar surface area (TPSA) is 47.6 Å². The number of rotatable bonds is 4. The number of nitrogens with one attached hydrogen (secondary N) is 1. The van der Waals surface area contributed by atoms with Crippen molar-refractivity contribution < 1.29 is 14.3 Å². The molecule has 1 fully saturated rings. The van der Waals surface area contributed by atoms with Crippen molar-refractivity contribution in [3.8, 4) is 11.5 Å². The van der Waals surface area contributed by atoms with E-state index in [4.69, 9.17) is 9.47 Å². The van der Waals surface area contributed by atoms with Crippen LogP contribution in [0.3, 0.4) is 0 Å². The van der Waals surface area contributed by atoms with E-state index in [0.29, 0.717) is 17.9 Å². The van der Waals surface area contributed by atoms with E-state index in [2.05, 4.69) is 12.2 Å². The Morgan fingerprint density at radius 3 is 2.61 bits per heavy atom. The summed E-state index contributed by atoms with van der Waals surface area (Å²) in [5.74, 6) is 1.78. The summed E-state index contributed by atoms with van der Waals surface area (Å²) in [6.07, 6.45) is 1.48. The Bertz CT molecular complexity index is 445. The molecule has 2 rings (SSSR count). The SMILES string of the molecule is CCC1NC(=O)CC1c1ccc(OC)c(OC)c1. The van der Waals surface area contributed by atoms with Crippen molar-refractivity contribution in [1.82, 2.24) is 5.32 Å². The second-order valence-corrected chi connectivity index (χ2v) is 4.51. The summed E-state index contributed by atoms with van der Waals surface area (Å²) in [6, 6.07) is 6.08. The zero-order valence-corrected chi connectivity index (χ0v) is 11.0. The Kier molecular flexibility index (Phi) is 3.75. The Hall–Kier alpha value is -1.71. The molecule has 1 N–H and O–H groups in total. The molecule has 1 aliphatic rings. The highest BCUT2D eigenvalue weighted by molar-refractivity contribution is 5.80. The van der Waals surface area contributed by atoms with Crippen molar-refractivity contribution in [1.29, 1.82) is 0 Å². The number of benzene rings is 1. The van der Waals surface area contributed by atoms with Crippen LogP contribution in [0, 0.1) is 0 Å². The minimum Gasteiger partial charge on any atom is -0.493 e. The first-order chi connectivity index (χ1) is 8.69. The van der Waals surface area contributed by atoms with E-state index in [1.807, 2.05) is 18.2 Å². The molecule has 1 aromatic carbocycles. The molecule has 0 spiro atoms. The summed E-state index contributed by atoms with van der Waals surface area (Å²) < 4.78 is 10.5. The van der Waals surface area contributed by atoms with Crippen molar-refractivity contribution >= 4 is 5.91 Å². The summed E-state index contributed by atoms with van der Waals surface area (Å²) in [4.78, 5) is 11.5. The van der Waals surface area contributed by atoms with Crippen molar-refractivity contribution in [2.75, 3.05) is 14.2 Å². The van der Waals surface area contributed by atoms with E-state index in [1.54, 1.807) is 14.2 Å². The van der Waals surface area contributed by atoms with Gasteiger partial charge in [-0.2, -0.15) is 0 Å². The molecule has 0 aliphatic carbocycles. The van der Waals surface area contributed by atoms with Crippen LogP contribution in [0.25, 0.3) is 0 Å². The van der Waals surface area contributed by atoms with Crippen LogP contribution in [0.1, 0.15) is 31.2 Å². The van der Waals surface area contributed by atoms with Crippen molar-refractivity contribution in [3.05, 3.63) is 23.8 Å². The van der Waals surface area contributed by atoms with Crippen molar-refractivity contribution in [2.24, 2.45) is 0 Å². The molecule has 4 nitrogen and oxygen atoms in total. The second kappa shape index (κ2) is 5.29. The lowest BCUT2D eigenvalue weighted by molar-refractivity contribution is -0.119. The van der Waals surface area contributed by atoms with Crippen LogP contribution in [0.5, 0.6) is 11.5 Å². The maximum Gasteiger partial charge on any atom is 0.220 e. The Morgan fingerprint density at radius 2 is 2.00 bits per heavy atom. The minimum atomic E-state index is 0.127. The molecular formula is C14H19NO3. The van der Waals surface area contributed by atoms with Crippen LogP contribution in [-0.2, 0) is 4.79 Å². The van der Waals surface area contributed by atoms with Gasteiger partial charge in [-0.25, -0.2) is 0 Å². The standard InChI is InChI=1S/C14H19NO3/c1-4-11-10(8-14(16)15-11)9-5-6-12(17-2)13(7-9)18-3/h5-7,10-11H,4,8H2,1-3H3,(H,15,16). The zero-order valence-electron chi connectivity index (χ0n) is 11.0. The predicted octanol–water partition coefficient (Wildman–Crippen LogP) is 2.09. The van der Waals surface area contributed by atoms with Crippen molar-refractivity contribution in [3.63, 3.8) is 0 Å². The van der Waals surface area contributed by atoms with Crippen LogP contribution < -0.4 is 14.8 Å². The van der Waals surface area contributed by atoms with Crippen molar-refractivity contribution in [2.45, 2.75) is 31.7 Å². The highest BCUT2D eigenvalue weighted by Gasteiger charge is 2.32. The molecular weight excluding hydrogens is 230 g/mol. The van der Waals surface area contributed by atoms with Gasteiger partial charge in [0.25, 0.3) is 0 Å². The molecule has 1 heterocycles. The van der Waals surface area contributed by atoms with Gasteiger partial charge in [0.05, 0.1) is 14.2 Å². The average Bonchev–Trinajstić information content (AvgIpc) is 2.79. The molecule has 0 radical (unpaired) electrons. The van der Waals surface area contributed by atoms with E-state index in [0.717, 1.165) is 12.0 Å². The lowest BCUT2D eigenvalue weighted by Gasteiger charge is -2.18. The van der Waals surface area contributed by atoms with E-state index < -0.39 is 0 Å². The smallest absolute Gasteiger partial charge is 0.220 e. The Labute approximate surface area is 107 Å². The third-order valence-corrected chi connectivity index (χ3v) is 3.51. The van der Waals surface area contributed by atoms with Crippen LogP contribution >= 0.6 is 0 Å². The predicted molar refractivity (Wildman–Crippen MR) is 69.1 cm³/mol. The summed E-state index contributed by atoms with van der Waals surface area (Å²) in [6.45, 7) is 2.09. The van der Waals surface area contributed by atoms with Gasteiger partial charge in [-0.1, -0.05) is 13.0 Å². The number of ether oxygens (including phenoxy) is 2. The molecule has 1 aromatic rings. The van der Waals surface area contributed by atoms with Gasteiger partial charge in [0.2, 0.25) is 5.91 Å². The van der Waals surface area contributed by atoms with Crippen LogP contribution in [-0.4, -0.2) is 26.2 Å². The fourth-order valence-corrected chi connectivity index (χ4v) is 2.53. The number of hydrogen-bond acceptors (Lipinski definition) is 3. The van der Waals surface area contributed by atoms with Crippen LogP contribution in [0.2, 0.25) is 0 Å². The van der Waals surface area contributed by atoms with Gasteiger partial charge in [-0.15, -0.1) is 0 Å². The molecule has 1 saturated heterocycles. The van der Waals surface area contributed by atoms with E-state index >= 15 is 0 Å². The second-order valence-electron chi connectivity index (χ2n) is 4.51. The summed E-state index contributed by atoms with van der Waals surface area (Å²) in [7, 11) is 3.24. The van der Waals surface area contributed by atoms with Gasteiger partial charge < -0.3 is 14.8 Å². The van der Waals surface area contributed by atoms with E-state index in [9.17, 15) is 4.79 Å². The minimum absolute atomic E-state index is 0.127. The van der Waals surface area contributed by atoms with Gasteiger partial charge in [-0.3, -0.25) is 4.79 Å². The molecule has 4 heteroatoms. The zero-order chi connectivity index (χ0) is 13.1. The van der Waals surface area contributed by atoms with Gasteiger partial charge in [0.1, 0.15) is 0 Å². The number of methoxy groups -OCH3 is 2. The molecule has 1 amide bonds. The Balaban J connectivity index is 2.30. The third kappa shape index (κ3) is 2.28. The number of amides is 1.